The van der Waals surface area contributed by atoms with Gasteiger partial charge in [-0.25, -0.2) is 13.2 Å². The molecule has 0 amide bonds. The number of benzene rings is 1. The Kier molecular flexibility index (Phi) is 4.94. The predicted octanol–water partition coefficient (Wildman–Crippen LogP) is 4.41. The molecule has 2 heterocycles. The van der Waals surface area contributed by atoms with Crippen LogP contribution in [-0.4, -0.2) is 22.1 Å². The second-order valence-electron chi connectivity index (χ2n) is 6.56. The number of hydrogen-bond acceptors (Lipinski definition) is 4. The third kappa shape index (κ3) is 3.73. The summed E-state index contributed by atoms with van der Waals surface area (Å²) >= 11 is 0. The third-order valence-electron chi connectivity index (χ3n) is 4.90. The van der Waals surface area contributed by atoms with E-state index < -0.39 is 6.43 Å². The van der Waals surface area contributed by atoms with Crippen LogP contribution >= 0.6 is 0 Å². The lowest BCUT2D eigenvalue weighted by atomic mass is 9.88. The number of pyridine rings is 2. The number of alkyl halides is 2. The number of halogens is 3. The molecule has 0 unspecified atom stereocenters. The molecule has 1 fully saturated rings. The molecule has 2 atom stereocenters. The second-order valence-corrected chi connectivity index (χ2v) is 6.56. The second kappa shape index (κ2) is 7.52. The van der Waals surface area contributed by atoms with Crippen molar-refractivity contribution in [2.75, 3.05) is 0 Å². The van der Waals surface area contributed by atoms with Crippen LogP contribution in [0.1, 0.15) is 30.5 Å². The summed E-state index contributed by atoms with van der Waals surface area (Å²) in [5.41, 5.74) is 0.329. The minimum Gasteiger partial charge on any atom is -0.487 e. The molecule has 1 aromatic carbocycles. The molecule has 1 aliphatic carbocycles. The predicted molar refractivity (Wildman–Crippen MR) is 95.2 cm³/mol. The van der Waals surface area contributed by atoms with Crippen molar-refractivity contribution in [3.8, 4) is 5.75 Å². The van der Waals surface area contributed by atoms with Gasteiger partial charge < -0.3 is 10.1 Å². The van der Waals surface area contributed by atoms with Crippen LogP contribution in [0.2, 0.25) is 0 Å². The van der Waals surface area contributed by atoms with Crippen LogP contribution in [-0.2, 0) is 6.54 Å². The van der Waals surface area contributed by atoms with Crippen molar-refractivity contribution in [2.24, 2.45) is 0 Å². The molecular weight excluding hydrogens is 355 g/mol. The molecule has 0 radical (unpaired) electrons. The molecule has 4 nitrogen and oxygen atoms in total. The number of nitrogens with one attached hydrogen (secondary N) is 1. The highest BCUT2D eigenvalue weighted by molar-refractivity contribution is 5.84. The molecule has 140 valence electrons. The summed E-state index contributed by atoms with van der Waals surface area (Å²) in [5.74, 6) is 0.197. The van der Waals surface area contributed by atoms with E-state index in [1.807, 2.05) is 0 Å². The average molecular weight is 373 g/mol. The van der Waals surface area contributed by atoms with Gasteiger partial charge in [0.15, 0.2) is 0 Å². The van der Waals surface area contributed by atoms with E-state index in [0.717, 1.165) is 23.6 Å². The van der Waals surface area contributed by atoms with Gasteiger partial charge in [0.25, 0.3) is 6.43 Å². The zero-order valence-electron chi connectivity index (χ0n) is 14.4. The standard InChI is InChI=1S/C20H18F3N3O/c21-16-3-1-12-9-24-8-7-14(12)15(16)11-26-17-5-6-19(17)27-13-2-4-18(20(22)23)25-10-13/h1-4,7-10,17,19-20,26H,5-6,11H2/t17-,19-/m1/s1. The van der Waals surface area contributed by atoms with E-state index in [9.17, 15) is 13.2 Å². The average Bonchev–Trinajstić information content (AvgIpc) is 2.67. The lowest BCUT2D eigenvalue weighted by molar-refractivity contribution is 0.0711. The maximum absolute atomic E-state index is 14.3. The molecule has 1 N–H and O–H groups in total. The molecule has 4 rings (SSSR count). The quantitative estimate of drug-likeness (QED) is 0.695. The summed E-state index contributed by atoms with van der Waals surface area (Å²) in [6.45, 7) is 0.375. The summed E-state index contributed by atoms with van der Waals surface area (Å²) in [5, 5.41) is 5.07. The van der Waals surface area contributed by atoms with E-state index in [4.69, 9.17) is 4.74 Å². The van der Waals surface area contributed by atoms with Crippen LogP contribution in [0.4, 0.5) is 13.2 Å². The van der Waals surface area contributed by atoms with Crippen molar-refractivity contribution in [3.63, 3.8) is 0 Å². The van der Waals surface area contributed by atoms with E-state index >= 15 is 0 Å². The summed E-state index contributed by atoms with van der Waals surface area (Å²) in [7, 11) is 0. The largest absolute Gasteiger partial charge is 0.487 e. The van der Waals surface area contributed by atoms with E-state index in [-0.39, 0.29) is 23.7 Å². The number of aromatic nitrogens is 2. The van der Waals surface area contributed by atoms with Crippen molar-refractivity contribution in [1.29, 1.82) is 0 Å². The van der Waals surface area contributed by atoms with Crippen LogP contribution in [0.3, 0.4) is 0 Å². The minimum absolute atomic E-state index is 0.0660. The number of hydrogen-bond donors (Lipinski definition) is 1. The smallest absolute Gasteiger partial charge is 0.280 e. The van der Waals surface area contributed by atoms with Crippen LogP contribution in [0.5, 0.6) is 5.75 Å². The fourth-order valence-corrected chi connectivity index (χ4v) is 3.23. The van der Waals surface area contributed by atoms with Crippen molar-refractivity contribution in [3.05, 3.63) is 66.0 Å². The van der Waals surface area contributed by atoms with Crippen LogP contribution in [0.25, 0.3) is 10.8 Å². The van der Waals surface area contributed by atoms with Crippen molar-refractivity contribution < 1.29 is 17.9 Å². The lowest BCUT2D eigenvalue weighted by Crippen LogP contribution is -2.50. The van der Waals surface area contributed by atoms with Crippen molar-refractivity contribution in [2.45, 2.75) is 38.0 Å². The molecule has 0 aliphatic heterocycles. The Balaban J connectivity index is 1.40. The Labute approximate surface area is 154 Å². The van der Waals surface area contributed by atoms with Crippen molar-refractivity contribution >= 4 is 10.8 Å². The first kappa shape index (κ1) is 17.7. The molecule has 27 heavy (non-hydrogen) atoms. The topological polar surface area (TPSA) is 47.0 Å². The van der Waals surface area contributed by atoms with Gasteiger partial charge in [-0.2, -0.15) is 0 Å². The number of nitrogens with zero attached hydrogens (tertiary/aromatic N) is 2. The van der Waals surface area contributed by atoms with E-state index in [2.05, 4.69) is 15.3 Å². The Morgan fingerprint density at radius 3 is 2.70 bits per heavy atom. The van der Waals surface area contributed by atoms with Gasteiger partial charge >= 0.3 is 0 Å². The van der Waals surface area contributed by atoms with Gasteiger partial charge in [-0.1, -0.05) is 0 Å². The minimum atomic E-state index is -2.59. The normalized spacial score (nSPS) is 19.3. The molecule has 1 saturated carbocycles. The molecular formula is C20H18F3N3O. The summed E-state index contributed by atoms with van der Waals surface area (Å²) in [6, 6.07) is 7.80. The number of ether oxygens (including phenoxy) is 1. The van der Waals surface area contributed by atoms with Gasteiger partial charge in [0.1, 0.15) is 23.4 Å². The first-order valence-corrected chi connectivity index (χ1v) is 8.77. The zero-order chi connectivity index (χ0) is 18.8. The number of rotatable bonds is 6. The van der Waals surface area contributed by atoms with Crippen molar-refractivity contribution in [1.82, 2.24) is 15.3 Å². The molecule has 0 spiro atoms. The van der Waals surface area contributed by atoms with Gasteiger partial charge in [0.05, 0.1) is 6.20 Å². The fraction of sp³-hybridized carbons (Fsp3) is 0.300. The van der Waals surface area contributed by atoms with E-state index in [1.54, 1.807) is 24.5 Å². The highest BCUT2D eigenvalue weighted by Gasteiger charge is 2.32. The van der Waals surface area contributed by atoms with E-state index in [0.29, 0.717) is 17.9 Å². The highest BCUT2D eigenvalue weighted by atomic mass is 19.3. The molecule has 7 heteroatoms. The Hall–Kier alpha value is -2.67. The summed E-state index contributed by atoms with van der Waals surface area (Å²) in [6.07, 6.45) is 3.73. The number of fused-ring (bicyclic) bond motifs is 1. The lowest BCUT2D eigenvalue weighted by Gasteiger charge is -2.37. The Bertz CT molecular complexity index is 933. The highest BCUT2D eigenvalue weighted by Crippen LogP contribution is 2.28. The van der Waals surface area contributed by atoms with Gasteiger partial charge in [-0.3, -0.25) is 9.97 Å². The summed E-state index contributed by atoms with van der Waals surface area (Å²) in [4.78, 5) is 7.77. The maximum Gasteiger partial charge on any atom is 0.280 e. The summed E-state index contributed by atoms with van der Waals surface area (Å²) < 4.78 is 45.2. The Morgan fingerprint density at radius 2 is 2.00 bits per heavy atom. The molecule has 3 aromatic rings. The van der Waals surface area contributed by atoms with Gasteiger partial charge in [-0.15, -0.1) is 0 Å². The van der Waals surface area contributed by atoms with Crippen LogP contribution < -0.4 is 10.1 Å². The molecule has 0 bridgehead atoms. The third-order valence-corrected chi connectivity index (χ3v) is 4.90. The van der Waals surface area contributed by atoms with E-state index in [1.165, 1.54) is 24.4 Å². The van der Waals surface area contributed by atoms with Gasteiger partial charge in [-0.05, 0) is 48.6 Å². The monoisotopic (exact) mass is 373 g/mol. The fourth-order valence-electron chi connectivity index (χ4n) is 3.23. The van der Waals surface area contributed by atoms with Crippen LogP contribution in [0.15, 0.2) is 48.9 Å². The van der Waals surface area contributed by atoms with Gasteiger partial charge in [0.2, 0.25) is 0 Å². The Morgan fingerprint density at radius 1 is 1.11 bits per heavy atom. The SMILES string of the molecule is Fc1ccc2cnccc2c1CN[C@@H]1CC[C@H]1Oc1ccc(C(F)F)nc1. The maximum atomic E-state index is 14.3. The zero-order valence-corrected chi connectivity index (χ0v) is 14.4. The van der Waals surface area contributed by atoms with Gasteiger partial charge in [0, 0.05) is 35.9 Å². The molecule has 1 aliphatic rings. The molecule has 2 aromatic heterocycles. The first-order chi connectivity index (χ1) is 13.1. The van der Waals surface area contributed by atoms with Crippen LogP contribution in [0, 0.1) is 5.82 Å². The molecule has 0 saturated heterocycles. The first-order valence-electron chi connectivity index (χ1n) is 8.77.